The van der Waals surface area contributed by atoms with Crippen molar-refractivity contribution in [2.45, 2.75) is 51.6 Å². The van der Waals surface area contributed by atoms with Crippen molar-refractivity contribution in [1.29, 1.82) is 0 Å². The number of rotatable bonds is 4. The van der Waals surface area contributed by atoms with Gasteiger partial charge in [0, 0.05) is 12.0 Å². The summed E-state index contributed by atoms with van der Waals surface area (Å²) in [5.41, 5.74) is -0.675. The zero-order valence-electron chi connectivity index (χ0n) is 11.7. The van der Waals surface area contributed by atoms with Crippen molar-refractivity contribution in [1.82, 2.24) is 5.32 Å². The van der Waals surface area contributed by atoms with Gasteiger partial charge in [-0.25, -0.2) is 0 Å². The fraction of sp³-hybridized carbons (Fsp3) is 0.857. The second-order valence-corrected chi connectivity index (χ2v) is 6.11. The summed E-state index contributed by atoms with van der Waals surface area (Å²) >= 11 is 0. The van der Waals surface area contributed by atoms with Crippen LogP contribution in [0.1, 0.15) is 45.4 Å². The van der Waals surface area contributed by atoms with E-state index in [4.69, 9.17) is 4.74 Å². The average molecular weight is 269 g/mol. The summed E-state index contributed by atoms with van der Waals surface area (Å²) in [7, 11) is 1.43. The molecule has 108 valence electrons. The normalized spacial score (nSPS) is 34.7. The van der Waals surface area contributed by atoms with Crippen molar-refractivity contribution in [3.63, 3.8) is 0 Å². The number of carbonyl (C=O) groups is 2. The summed E-state index contributed by atoms with van der Waals surface area (Å²) in [5, 5.41) is 12.1. The summed E-state index contributed by atoms with van der Waals surface area (Å²) in [4.78, 5) is 24.2. The zero-order valence-corrected chi connectivity index (χ0v) is 11.7. The molecule has 1 unspecified atom stereocenters. The lowest BCUT2D eigenvalue weighted by Crippen LogP contribution is -2.53. The summed E-state index contributed by atoms with van der Waals surface area (Å²) in [5.74, 6) is -0.0863. The molecule has 2 N–H and O–H groups in total. The maximum atomic E-state index is 12.3. The highest BCUT2D eigenvalue weighted by molar-refractivity contribution is 5.85. The fourth-order valence-electron chi connectivity index (χ4n) is 3.48. The molecule has 0 aliphatic heterocycles. The van der Waals surface area contributed by atoms with E-state index in [1.807, 2.05) is 0 Å². The first-order valence-electron chi connectivity index (χ1n) is 6.99. The van der Waals surface area contributed by atoms with E-state index in [-0.39, 0.29) is 22.7 Å². The zero-order chi connectivity index (χ0) is 14.1. The molecule has 5 heteroatoms. The van der Waals surface area contributed by atoms with E-state index >= 15 is 0 Å². The molecule has 0 heterocycles. The maximum Gasteiger partial charge on any atom is 0.311 e. The molecule has 0 spiro atoms. The third-order valence-electron chi connectivity index (χ3n) is 4.90. The molecule has 3 rings (SSSR count). The first kappa shape index (κ1) is 14.3. The molecule has 5 nitrogen and oxygen atoms in total. The number of carbonyl (C=O) groups excluding carboxylic acids is 2. The van der Waals surface area contributed by atoms with Gasteiger partial charge in [-0.3, -0.25) is 9.59 Å². The molecule has 19 heavy (non-hydrogen) atoms. The number of methoxy groups -OCH3 is 1. The Labute approximate surface area is 113 Å². The predicted molar refractivity (Wildman–Crippen MR) is 69.3 cm³/mol. The van der Waals surface area contributed by atoms with Gasteiger partial charge in [-0.05, 0) is 45.4 Å². The largest absolute Gasteiger partial charge is 0.469 e. The Balaban J connectivity index is 2.00. The number of aliphatic hydroxyl groups is 1. The third-order valence-corrected chi connectivity index (χ3v) is 4.90. The molecule has 0 radical (unpaired) electrons. The molecule has 1 atom stereocenters. The predicted octanol–water partition coefficient (Wildman–Crippen LogP) is 0.997. The number of amides is 1. The standard InChI is InChI=1S/C14H23NO4/c1-10(16)9-15-11(17)13-3-6-14(7-4-13,8-5-13)12(18)19-2/h10,16H,3-9H2,1-2H3,(H,15,17). The summed E-state index contributed by atoms with van der Waals surface area (Å²) in [6, 6.07) is 0. The molecule has 2 bridgehead atoms. The minimum atomic E-state index is -0.526. The molecule has 0 saturated heterocycles. The Kier molecular flexibility index (Phi) is 3.85. The van der Waals surface area contributed by atoms with E-state index < -0.39 is 6.10 Å². The van der Waals surface area contributed by atoms with Gasteiger partial charge in [0.1, 0.15) is 0 Å². The van der Waals surface area contributed by atoms with Gasteiger partial charge in [0.25, 0.3) is 0 Å². The van der Waals surface area contributed by atoms with E-state index in [9.17, 15) is 14.7 Å². The van der Waals surface area contributed by atoms with Crippen LogP contribution in [-0.4, -0.2) is 36.7 Å². The Morgan fingerprint density at radius 1 is 1.16 bits per heavy atom. The van der Waals surface area contributed by atoms with Crippen molar-refractivity contribution < 1.29 is 19.4 Å². The Morgan fingerprint density at radius 3 is 2.05 bits per heavy atom. The molecular formula is C14H23NO4. The number of hydrogen-bond acceptors (Lipinski definition) is 4. The van der Waals surface area contributed by atoms with Gasteiger partial charge in [-0.2, -0.15) is 0 Å². The van der Waals surface area contributed by atoms with Gasteiger partial charge < -0.3 is 15.2 Å². The summed E-state index contributed by atoms with van der Waals surface area (Å²) < 4.78 is 4.91. The highest BCUT2D eigenvalue weighted by atomic mass is 16.5. The molecule has 0 aromatic heterocycles. The molecular weight excluding hydrogens is 246 g/mol. The molecule has 1 amide bonds. The van der Waals surface area contributed by atoms with E-state index in [0.717, 1.165) is 38.5 Å². The molecule has 3 aliphatic carbocycles. The van der Waals surface area contributed by atoms with Gasteiger partial charge in [0.15, 0.2) is 0 Å². The molecule has 0 aromatic carbocycles. The number of esters is 1. The van der Waals surface area contributed by atoms with Crippen molar-refractivity contribution in [3.05, 3.63) is 0 Å². The van der Waals surface area contributed by atoms with Crippen LogP contribution in [0.5, 0.6) is 0 Å². The number of nitrogens with one attached hydrogen (secondary N) is 1. The second-order valence-electron chi connectivity index (χ2n) is 6.11. The van der Waals surface area contributed by atoms with E-state index in [1.165, 1.54) is 7.11 Å². The number of aliphatic hydroxyl groups excluding tert-OH is 1. The van der Waals surface area contributed by atoms with Crippen molar-refractivity contribution in [2.24, 2.45) is 10.8 Å². The van der Waals surface area contributed by atoms with E-state index in [1.54, 1.807) is 6.92 Å². The topological polar surface area (TPSA) is 75.6 Å². The van der Waals surface area contributed by atoms with Crippen LogP contribution in [0.25, 0.3) is 0 Å². The molecule has 3 saturated carbocycles. The highest BCUT2D eigenvalue weighted by Crippen LogP contribution is 2.57. The van der Waals surface area contributed by atoms with Crippen molar-refractivity contribution in [3.8, 4) is 0 Å². The van der Waals surface area contributed by atoms with Crippen LogP contribution in [-0.2, 0) is 14.3 Å². The van der Waals surface area contributed by atoms with Crippen LogP contribution in [0, 0.1) is 10.8 Å². The van der Waals surface area contributed by atoms with Gasteiger partial charge in [0.2, 0.25) is 5.91 Å². The fourth-order valence-corrected chi connectivity index (χ4v) is 3.48. The lowest BCUT2D eigenvalue weighted by atomic mass is 9.53. The lowest BCUT2D eigenvalue weighted by Gasteiger charge is -2.50. The van der Waals surface area contributed by atoms with Crippen LogP contribution in [0.3, 0.4) is 0 Å². The quantitative estimate of drug-likeness (QED) is 0.746. The van der Waals surface area contributed by atoms with Gasteiger partial charge in [0.05, 0.1) is 18.6 Å². The Hall–Kier alpha value is -1.10. The second kappa shape index (κ2) is 5.12. The summed E-state index contributed by atoms with van der Waals surface area (Å²) in [6.45, 7) is 1.95. The van der Waals surface area contributed by atoms with E-state index in [2.05, 4.69) is 5.32 Å². The number of fused-ring (bicyclic) bond motifs is 3. The first-order valence-corrected chi connectivity index (χ1v) is 6.99. The van der Waals surface area contributed by atoms with Gasteiger partial charge >= 0.3 is 5.97 Å². The monoisotopic (exact) mass is 269 g/mol. The minimum Gasteiger partial charge on any atom is -0.469 e. The van der Waals surface area contributed by atoms with E-state index in [0.29, 0.717) is 6.54 Å². The maximum absolute atomic E-state index is 12.3. The minimum absolute atomic E-state index is 0.0339. The number of hydrogen-bond donors (Lipinski definition) is 2. The Morgan fingerprint density at radius 2 is 1.63 bits per heavy atom. The number of ether oxygens (including phenoxy) is 1. The van der Waals surface area contributed by atoms with Crippen LogP contribution >= 0.6 is 0 Å². The molecule has 3 aliphatic rings. The highest BCUT2D eigenvalue weighted by Gasteiger charge is 2.55. The molecule has 3 fully saturated rings. The van der Waals surface area contributed by atoms with Crippen LogP contribution in [0.2, 0.25) is 0 Å². The van der Waals surface area contributed by atoms with Gasteiger partial charge in [-0.15, -0.1) is 0 Å². The van der Waals surface area contributed by atoms with Gasteiger partial charge in [-0.1, -0.05) is 0 Å². The van der Waals surface area contributed by atoms with Crippen LogP contribution in [0.4, 0.5) is 0 Å². The SMILES string of the molecule is COC(=O)C12CCC(C(=O)NCC(C)O)(CC1)CC2. The third kappa shape index (κ3) is 2.48. The van der Waals surface area contributed by atoms with Crippen LogP contribution in [0.15, 0.2) is 0 Å². The lowest BCUT2D eigenvalue weighted by molar-refractivity contribution is -0.166. The van der Waals surface area contributed by atoms with Crippen molar-refractivity contribution >= 4 is 11.9 Å². The average Bonchev–Trinajstić information content (AvgIpc) is 2.45. The Bertz CT molecular complexity index is 353. The summed E-state index contributed by atoms with van der Waals surface area (Å²) in [6.07, 6.45) is 3.92. The first-order chi connectivity index (χ1) is 8.94. The smallest absolute Gasteiger partial charge is 0.311 e. The van der Waals surface area contributed by atoms with Crippen molar-refractivity contribution in [2.75, 3.05) is 13.7 Å². The molecule has 0 aromatic rings. The van der Waals surface area contributed by atoms with Crippen LogP contribution < -0.4 is 5.32 Å².